The molecule has 0 bridgehead atoms. The number of hydrogen-bond acceptors (Lipinski definition) is 3. The number of rotatable bonds is 11. The maximum Gasteiger partial charge on any atom is 0.472 e. The molecule has 104 valence electrons. The lowest BCUT2D eigenvalue weighted by atomic mass is 10.1. The van der Waals surface area contributed by atoms with Crippen LogP contribution in [0, 0.1) is 0 Å². The van der Waals surface area contributed by atoms with Gasteiger partial charge in [-0.1, -0.05) is 46.0 Å². The molecule has 0 spiro atoms. The summed E-state index contributed by atoms with van der Waals surface area (Å²) in [6, 6.07) is 0. The van der Waals surface area contributed by atoms with Gasteiger partial charge in [0.15, 0.2) is 0 Å². The number of unbranched alkanes of at least 4 members (excludes halogenated alkanes) is 5. The van der Waals surface area contributed by atoms with Crippen LogP contribution in [0.3, 0.4) is 0 Å². The average molecular weight is 266 g/mol. The first-order valence-electron chi connectivity index (χ1n) is 6.67. The minimum atomic E-state index is -3.83. The third-order valence-corrected chi connectivity index (χ3v) is 3.78. The predicted octanol–water partition coefficient (Wildman–Crippen LogP) is 4.28. The van der Waals surface area contributed by atoms with Crippen LogP contribution in [0.5, 0.6) is 0 Å². The van der Waals surface area contributed by atoms with Crippen molar-refractivity contribution in [1.82, 2.24) is 0 Å². The highest BCUT2D eigenvalue weighted by Gasteiger charge is 2.23. The molecule has 0 amide bonds. The average Bonchev–Trinajstić information content (AvgIpc) is 2.27. The topological polar surface area (TPSA) is 55.8 Å². The summed E-state index contributed by atoms with van der Waals surface area (Å²) in [6.07, 6.45) is 7.21. The van der Waals surface area contributed by atoms with Gasteiger partial charge in [-0.25, -0.2) is 4.57 Å². The summed E-state index contributed by atoms with van der Waals surface area (Å²) in [5.41, 5.74) is 0. The molecule has 0 aliphatic rings. The molecule has 0 aromatic rings. The molecule has 0 radical (unpaired) electrons. The van der Waals surface area contributed by atoms with E-state index in [0.29, 0.717) is 13.0 Å². The molecule has 0 rings (SSSR count). The van der Waals surface area contributed by atoms with Crippen molar-refractivity contribution in [1.29, 1.82) is 0 Å². The SMILES string of the molecule is CCCCCCCCOP(=O)(O)OC(C)CC. The molecule has 2 atom stereocenters. The van der Waals surface area contributed by atoms with E-state index in [0.717, 1.165) is 12.8 Å². The molecule has 0 fully saturated rings. The number of phosphoric ester groups is 1. The Bertz CT molecular complexity index is 221. The van der Waals surface area contributed by atoms with Crippen LogP contribution in [0.1, 0.15) is 65.7 Å². The first-order valence-corrected chi connectivity index (χ1v) is 8.17. The maximum atomic E-state index is 11.4. The molecule has 0 aromatic carbocycles. The molecule has 1 N–H and O–H groups in total. The van der Waals surface area contributed by atoms with Crippen molar-refractivity contribution in [2.75, 3.05) is 6.61 Å². The normalized spacial score (nSPS) is 16.7. The quantitative estimate of drug-likeness (QED) is 0.448. The van der Waals surface area contributed by atoms with E-state index in [2.05, 4.69) is 6.92 Å². The summed E-state index contributed by atoms with van der Waals surface area (Å²) < 4.78 is 21.2. The summed E-state index contributed by atoms with van der Waals surface area (Å²) in [4.78, 5) is 9.37. The van der Waals surface area contributed by atoms with Crippen molar-refractivity contribution < 1.29 is 18.5 Å². The Hall–Kier alpha value is 0.110. The zero-order valence-corrected chi connectivity index (χ0v) is 12.2. The minimum Gasteiger partial charge on any atom is -0.302 e. The van der Waals surface area contributed by atoms with E-state index in [-0.39, 0.29) is 6.10 Å². The first-order chi connectivity index (χ1) is 8.02. The third-order valence-electron chi connectivity index (χ3n) is 2.64. The second-order valence-corrected chi connectivity index (χ2v) is 5.80. The van der Waals surface area contributed by atoms with Gasteiger partial charge in [0.25, 0.3) is 0 Å². The Kier molecular flexibility index (Phi) is 10.1. The molecule has 0 saturated carbocycles. The summed E-state index contributed by atoms with van der Waals surface area (Å²) in [6.45, 7) is 6.14. The fourth-order valence-electron chi connectivity index (χ4n) is 1.39. The smallest absolute Gasteiger partial charge is 0.302 e. The standard InChI is InChI=1S/C12H27O4P/c1-4-6-7-8-9-10-11-15-17(13,14)16-12(3)5-2/h12H,4-11H2,1-3H3,(H,13,14). The van der Waals surface area contributed by atoms with E-state index in [1.54, 1.807) is 6.92 Å². The van der Waals surface area contributed by atoms with Crippen LogP contribution in [0.25, 0.3) is 0 Å². The van der Waals surface area contributed by atoms with Crippen LogP contribution >= 0.6 is 7.82 Å². The molecule has 5 heteroatoms. The minimum absolute atomic E-state index is 0.240. The van der Waals surface area contributed by atoms with Crippen molar-refractivity contribution in [3.05, 3.63) is 0 Å². The largest absolute Gasteiger partial charge is 0.472 e. The van der Waals surface area contributed by atoms with E-state index >= 15 is 0 Å². The van der Waals surface area contributed by atoms with Gasteiger partial charge in [-0.2, -0.15) is 0 Å². The van der Waals surface area contributed by atoms with E-state index in [1.807, 2.05) is 6.92 Å². The lowest BCUT2D eigenvalue weighted by Gasteiger charge is -2.16. The lowest BCUT2D eigenvalue weighted by Crippen LogP contribution is -2.06. The fraction of sp³-hybridized carbons (Fsp3) is 1.00. The molecular weight excluding hydrogens is 239 g/mol. The second-order valence-electron chi connectivity index (χ2n) is 4.39. The maximum absolute atomic E-state index is 11.4. The first kappa shape index (κ1) is 17.1. The highest BCUT2D eigenvalue weighted by molar-refractivity contribution is 7.47. The van der Waals surface area contributed by atoms with Gasteiger partial charge < -0.3 is 4.89 Å². The van der Waals surface area contributed by atoms with Crippen LogP contribution < -0.4 is 0 Å². The molecule has 0 saturated heterocycles. The fourth-order valence-corrected chi connectivity index (χ4v) is 2.42. The summed E-state index contributed by atoms with van der Waals surface area (Å²) in [5.74, 6) is 0. The van der Waals surface area contributed by atoms with E-state index in [1.165, 1.54) is 25.7 Å². The summed E-state index contributed by atoms with van der Waals surface area (Å²) in [5, 5.41) is 0. The van der Waals surface area contributed by atoms with Gasteiger partial charge in [-0.3, -0.25) is 9.05 Å². The molecule has 17 heavy (non-hydrogen) atoms. The van der Waals surface area contributed by atoms with Gasteiger partial charge in [0, 0.05) is 0 Å². The van der Waals surface area contributed by atoms with Crippen molar-refractivity contribution in [2.24, 2.45) is 0 Å². The van der Waals surface area contributed by atoms with Gasteiger partial charge in [-0.05, 0) is 19.8 Å². The van der Waals surface area contributed by atoms with Crippen molar-refractivity contribution in [3.63, 3.8) is 0 Å². The van der Waals surface area contributed by atoms with Crippen molar-refractivity contribution in [2.45, 2.75) is 71.8 Å². The Balaban J connectivity index is 3.49. The molecule has 0 aliphatic carbocycles. The van der Waals surface area contributed by atoms with Crippen LogP contribution in [-0.4, -0.2) is 17.6 Å². The zero-order chi connectivity index (χ0) is 13.1. The van der Waals surface area contributed by atoms with Gasteiger partial charge in [-0.15, -0.1) is 0 Å². The monoisotopic (exact) mass is 266 g/mol. The Morgan fingerprint density at radius 1 is 1.12 bits per heavy atom. The Labute approximate surface area is 105 Å². The van der Waals surface area contributed by atoms with Gasteiger partial charge >= 0.3 is 7.82 Å². The van der Waals surface area contributed by atoms with Gasteiger partial charge in [0.2, 0.25) is 0 Å². The van der Waals surface area contributed by atoms with Crippen LogP contribution in [0.2, 0.25) is 0 Å². The van der Waals surface area contributed by atoms with Gasteiger partial charge in [0.05, 0.1) is 12.7 Å². The Morgan fingerprint density at radius 3 is 2.29 bits per heavy atom. The molecule has 0 heterocycles. The third kappa shape index (κ3) is 11.0. The van der Waals surface area contributed by atoms with E-state index < -0.39 is 7.82 Å². The van der Waals surface area contributed by atoms with Crippen LogP contribution in [0.15, 0.2) is 0 Å². The van der Waals surface area contributed by atoms with Crippen molar-refractivity contribution >= 4 is 7.82 Å². The van der Waals surface area contributed by atoms with E-state index in [4.69, 9.17) is 9.05 Å². The lowest BCUT2D eigenvalue weighted by molar-refractivity contribution is 0.109. The summed E-state index contributed by atoms with van der Waals surface area (Å²) >= 11 is 0. The zero-order valence-electron chi connectivity index (χ0n) is 11.4. The number of hydrogen-bond donors (Lipinski definition) is 1. The van der Waals surface area contributed by atoms with E-state index in [9.17, 15) is 9.46 Å². The number of phosphoric acid groups is 1. The molecule has 4 nitrogen and oxygen atoms in total. The Morgan fingerprint density at radius 2 is 1.71 bits per heavy atom. The predicted molar refractivity (Wildman–Crippen MR) is 70.0 cm³/mol. The summed E-state index contributed by atoms with van der Waals surface area (Å²) in [7, 11) is -3.83. The molecule has 0 aliphatic heterocycles. The molecule has 2 unspecified atom stereocenters. The molecular formula is C12H27O4P. The molecule has 0 aromatic heterocycles. The van der Waals surface area contributed by atoms with Crippen molar-refractivity contribution in [3.8, 4) is 0 Å². The van der Waals surface area contributed by atoms with Crippen LogP contribution in [0.4, 0.5) is 0 Å². The second kappa shape index (κ2) is 10.1. The van der Waals surface area contributed by atoms with Crippen LogP contribution in [-0.2, 0) is 13.6 Å². The highest BCUT2D eigenvalue weighted by Crippen LogP contribution is 2.45. The highest BCUT2D eigenvalue weighted by atomic mass is 31.2. The van der Waals surface area contributed by atoms with Gasteiger partial charge in [0.1, 0.15) is 0 Å².